The number of rotatable bonds is 3. The maximum atomic E-state index is 11.2. The lowest BCUT2D eigenvalue weighted by Crippen LogP contribution is -2.19. The standard InChI is InChI=1S/C12H17NO2S/c1-9(2)12(3,4)10-6-5-7-11(8-10)16(13,14)15/h5-8H,1H2,2-4H3,(H2,13,14,15). The summed E-state index contributed by atoms with van der Waals surface area (Å²) in [7, 11) is -3.64. The van der Waals surface area contributed by atoms with Crippen LogP contribution in [0.3, 0.4) is 0 Å². The topological polar surface area (TPSA) is 60.2 Å². The van der Waals surface area contributed by atoms with Crippen LogP contribution in [0.2, 0.25) is 0 Å². The first-order valence-corrected chi connectivity index (χ1v) is 6.49. The van der Waals surface area contributed by atoms with Crippen LogP contribution in [0, 0.1) is 0 Å². The van der Waals surface area contributed by atoms with Gasteiger partial charge in [-0.25, -0.2) is 13.6 Å². The van der Waals surface area contributed by atoms with Crippen molar-refractivity contribution in [2.24, 2.45) is 5.14 Å². The van der Waals surface area contributed by atoms with Gasteiger partial charge in [-0.15, -0.1) is 0 Å². The van der Waals surface area contributed by atoms with Crippen LogP contribution in [0.25, 0.3) is 0 Å². The maximum Gasteiger partial charge on any atom is 0.238 e. The van der Waals surface area contributed by atoms with Crippen molar-refractivity contribution in [3.05, 3.63) is 42.0 Å². The van der Waals surface area contributed by atoms with Gasteiger partial charge in [-0.3, -0.25) is 0 Å². The Labute approximate surface area is 97.0 Å². The highest BCUT2D eigenvalue weighted by Crippen LogP contribution is 2.30. The summed E-state index contributed by atoms with van der Waals surface area (Å²) < 4.78 is 22.5. The monoisotopic (exact) mass is 239 g/mol. The van der Waals surface area contributed by atoms with E-state index in [1.165, 1.54) is 6.07 Å². The molecule has 0 saturated carbocycles. The second-order valence-corrected chi connectivity index (χ2v) is 6.04. The molecule has 0 aliphatic carbocycles. The summed E-state index contributed by atoms with van der Waals surface area (Å²) in [4.78, 5) is 0.138. The van der Waals surface area contributed by atoms with Crippen LogP contribution in [-0.4, -0.2) is 8.42 Å². The zero-order valence-electron chi connectivity index (χ0n) is 9.82. The first-order chi connectivity index (χ1) is 7.15. The zero-order valence-corrected chi connectivity index (χ0v) is 10.6. The average Bonchev–Trinajstić information content (AvgIpc) is 2.16. The molecule has 3 nitrogen and oxygen atoms in total. The number of primary sulfonamides is 1. The molecule has 0 saturated heterocycles. The van der Waals surface area contributed by atoms with E-state index in [4.69, 9.17) is 5.14 Å². The van der Waals surface area contributed by atoms with Crippen molar-refractivity contribution in [2.45, 2.75) is 31.1 Å². The van der Waals surface area contributed by atoms with Gasteiger partial charge in [-0.1, -0.05) is 38.1 Å². The summed E-state index contributed by atoms with van der Waals surface area (Å²) >= 11 is 0. The zero-order chi connectivity index (χ0) is 12.6. The van der Waals surface area contributed by atoms with E-state index < -0.39 is 10.0 Å². The SMILES string of the molecule is C=C(C)C(C)(C)c1cccc(S(N)(=O)=O)c1. The molecule has 0 atom stereocenters. The second-order valence-electron chi connectivity index (χ2n) is 4.48. The Morgan fingerprint density at radius 2 is 1.94 bits per heavy atom. The lowest BCUT2D eigenvalue weighted by Gasteiger charge is -2.26. The molecule has 1 rings (SSSR count). The van der Waals surface area contributed by atoms with Crippen molar-refractivity contribution in [3.63, 3.8) is 0 Å². The van der Waals surface area contributed by atoms with E-state index in [9.17, 15) is 8.42 Å². The minimum absolute atomic E-state index is 0.138. The van der Waals surface area contributed by atoms with Crippen LogP contribution in [-0.2, 0) is 15.4 Å². The fourth-order valence-corrected chi connectivity index (χ4v) is 1.87. The van der Waals surface area contributed by atoms with Crippen LogP contribution in [0.1, 0.15) is 26.3 Å². The highest BCUT2D eigenvalue weighted by Gasteiger charge is 2.22. The van der Waals surface area contributed by atoms with E-state index in [1.807, 2.05) is 26.8 Å². The fraction of sp³-hybridized carbons (Fsp3) is 0.333. The molecule has 0 aromatic heterocycles. The van der Waals surface area contributed by atoms with Crippen molar-refractivity contribution < 1.29 is 8.42 Å². The van der Waals surface area contributed by atoms with E-state index in [2.05, 4.69) is 6.58 Å². The third-order valence-electron chi connectivity index (χ3n) is 2.95. The van der Waals surface area contributed by atoms with E-state index in [0.717, 1.165) is 11.1 Å². The molecule has 0 spiro atoms. The quantitative estimate of drug-likeness (QED) is 0.822. The van der Waals surface area contributed by atoms with Crippen LogP contribution in [0.15, 0.2) is 41.3 Å². The largest absolute Gasteiger partial charge is 0.238 e. The van der Waals surface area contributed by atoms with Gasteiger partial charge in [0, 0.05) is 5.41 Å². The molecule has 2 N–H and O–H groups in total. The molecular formula is C12H17NO2S. The molecule has 1 aromatic carbocycles. The van der Waals surface area contributed by atoms with Crippen molar-refractivity contribution >= 4 is 10.0 Å². The molecule has 0 aliphatic rings. The summed E-state index contributed by atoms with van der Waals surface area (Å²) in [6.07, 6.45) is 0. The number of nitrogens with two attached hydrogens (primary N) is 1. The molecule has 88 valence electrons. The van der Waals surface area contributed by atoms with Gasteiger partial charge >= 0.3 is 0 Å². The summed E-state index contributed by atoms with van der Waals surface area (Å²) in [5.74, 6) is 0. The van der Waals surface area contributed by atoms with Gasteiger partial charge in [-0.2, -0.15) is 0 Å². The minimum atomic E-state index is -3.64. The summed E-state index contributed by atoms with van der Waals surface area (Å²) in [6.45, 7) is 9.83. The van der Waals surface area contributed by atoms with Crippen LogP contribution in [0.4, 0.5) is 0 Å². The van der Waals surface area contributed by atoms with Crippen LogP contribution < -0.4 is 5.14 Å². The average molecular weight is 239 g/mol. The molecule has 0 radical (unpaired) electrons. The Hall–Kier alpha value is -1.13. The highest BCUT2D eigenvalue weighted by molar-refractivity contribution is 7.89. The van der Waals surface area contributed by atoms with Crippen molar-refractivity contribution in [3.8, 4) is 0 Å². The number of hydrogen-bond acceptors (Lipinski definition) is 2. The molecule has 0 amide bonds. The van der Waals surface area contributed by atoms with Gasteiger partial charge in [0.1, 0.15) is 0 Å². The van der Waals surface area contributed by atoms with E-state index >= 15 is 0 Å². The maximum absolute atomic E-state index is 11.2. The lowest BCUT2D eigenvalue weighted by molar-refractivity contribution is 0.595. The minimum Gasteiger partial charge on any atom is -0.225 e. The Bertz CT molecular complexity index is 516. The first-order valence-electron chi connectivity index (χ1n) is 4.95. The molecule has 0 unspecified atom stereocenters. The van der Waals surface area contributed by atoms with Gasteiger partial charge < -0.3 is 0 Å². The van der Waals surface area contributed by atoms with Crippen molar-refractivity contribution in [1.82, 2.24) is 0 Å². The molecule has 4 heteroatoms. The number of allylic oxidation sites excluding steroid dienone is 1. The van der Waals surface area contributed by atoms with Gasteiger partial charge in [-0.05, 0) is 24.6 Å². The van der Waals surface area contributed by atoms with E-state index in [-0.39, 0.29) is 10.3 Å². The lowest BCUT2D eigenvalue weighted by atomic mass is 9.79. The van der Waals surface area contributed by atoms with Crippen LogP contribution in [0.5, 0.6) is 0 Å². The Balaban J connectivity index is 3.34. The highest BCUT2D eigenvalue weighted by atomic mass is 32.2. The Kier molecular flexibility index (Phi) is 3.26. The Morgan fingerprint density at radius 1 is 1.38 bits per heavy atom. The molecule has 0 aliphatic heterocycles. The predicted octanol–water partition coefficient (Wildman–Crippen LogP) is 2.19. The van der Waals surface area contributed by atoms with Crippen LogP contribution >= 0.6 is 0 Å². The molecule has 16 heavy (non-hydrogen) atoms. The van der Waals surface area contributed by atoms with Gasteiger partial charge in [0.15, 0.2) is 0 Å². The van der Waals surface area contributed by atoms with E-state index in [1.54, 1.807) is 12.1 Å². The smallest absolute Gasteiger partial charge is 0.225 e. The van der Waals surface area contributed by atoms with Gasteiger partial charge in [0.2, 0.25) is 10.0 Å². The first kappa shape index (κ1) is 12.9. The van der Waals surface area contributed by atoms with Gasteiger partial charge in [0.25, 0.3) is 0 Å². The fourth-order valence-electron chi connectivity index (χ4n) is 1.31. The number of hydrogen-bond donors (Lipinski definition) is 1. The number of sulfonamides is 1. The molecule has 0 fully saturated rings. The molecule has 1 aromatic rings. The third-order valence-corrected chi connectivity index (χ3v) is 3.86. The Morgan fingerprint density at radius 3 is 2.38 bits per heavy atom. The van der Waals surface area contributed by atoms with E-state index in [0.29, 0.717) is 0 Å². The third kappa shape index (κ3) is 2.51. The molecule has 0 bridgehead atoms. The predicted molar refractivity (Wildman–Crippen MR) is 65.7 cm³/mol. The van der Waals surface area contributed by atoms with Crippen molar-refractivity contribution in [1.29, 1.82) is 0 Å². The summed E-state index contributed by atoms with van der Waals surface area (Å²) in [5.41, 5.74) is 1.60. The second kappa shape index (κ2) is 4.03. The number of benzene rings is 1. The van der Waals surface area contributed by atoms with Crippen molar-refractivity contribution in [2.75, 3.05) is 0 Å². The molecule has 0 heterocycles. The molecular weight excluding hydrogens is 222 g/mol. The van der Waals surface area contributed by atoms with Gasteiger partial charge in [0.05, 0.1) is 4.90 Å². The summed E-state index contributed by atoms with van der Waals surface area (Å²) in [5, 5.41) is 5.09. The normalized spacial score (nSPS) is 12.5. The summed E-state index contributed by atoms with van der Waals surface area (Å²) in [6, 6.07) is 6.67.